The van der Waals surface area contributed by atoms with Gasteiger partial charge in [-0.05, 0) is 49.9 Å². The van der Waals surface area contributed by atoms with Gasteiger partial charge in [-0.15, -0.1) is 0 Å². The first-order chi connectivity index (χ1) is 18.8. The predicted molar refractivity (Wildman–Crippen MR) is 151 cm³/mol. The molecule has 0 amide bonds. The summed E-state index contributed by atoms with van der Waals surface area (Å²) >= 11 is 0. The van der Waals surface area contributed by atoms with Gasteiger partial charge in [0.2, 0.25) is 5.95 Å². The van der Waals surface area contributed by atoms with Crippen LogP contribution in [0.4, 0.5) is 17.6 Å². The Bertz CT molecular complexity index is 1130. The molecule has 9 heteroatoms. The maximum atomic E-state index is 5.95. The van der Waals surface area contributed by atoms with Crippen LogP contribution in [0.5, 0.6) is 11.5 Å². The summed E-state index contributed by atoms with van der Waals surface area (Å²) in [4.78, 5) is 14.2. The first kappa shape index (κ1) is 25.8. The van der Waals surface area contributed by atoms with E-state index in [0.29, 0.717) is 32.2 Å². The molecule has 2 saturated heterocycles. The third kappa shape index (κ3) is 7.35. The fourth-order valence-electron chi connectivity index (χ4n) is 4.58. The van der Waals surface area contributed by atoms with Crippen molar-refractivity contribution in [1.29, 1.82) is 0 Å². The number of anilines is 3. The van der Waals surface area contributed by atoms with E-state index in [0.717, 1.165) is 55.0 Å². The molecule has 2 fully saturated rings. The summed E-state index contributed by atoms with van der Waals surface area (Å²) in [5.74, 6) is 4.04. The number of ether oxygens (including phenoxy) is 3. The van der Waals surface area contributed by atoms with Crippen molar-refractivity contribution >= 4 is 23.8 Å². The van der Waals surface area contributed by atoms with Crippen molar-refractivity contribution in [1.82, 2.24) is 9.97 Å². The summed E-state index contributed by atoms with van der Waals surface area (Å²) in [5.41, 5.74) is 4.00. The lowest BCUT2D eigenvalue weighted by Crippen LogP contribution is -2.24. The number of hydrogen-bond donors (Lipinski definition) is 1. The van der Waals surface area contributed by atoms with Gasteiger partial charge in [-0.1, -0.05) is 30.3 Å². The highest BCUT2D eigenvalue weighted by atomic mass is 16.5. The molecule has 3 aromatic rings. The van der Waals surface area contributed by atoms with E-state index >= 15 is 0 Å². The summed E-state index contributed by atoms with van der Waals surface area (Å²) in [7, 11) is 0. The van der Waals surface area contributed by atoms with E-state index in [1.807, 2.05) is 60.7 Å². The molecule has 0 saturated carbocycles. The zero-order valence-electron chi connectivity index (χ0n) is 21.8. The first-order valence-corrected chi connectivity index (χ1v) is 13.5. The third-order valence-electron chi connectivity index (χ3n) is 6.55. The van der Waals surface area contributed by atoms with E-state index in [4.69, 9.17) is 24.2 Å². The van der Waals surface area contributed by atoms with Gasteiger partial charge in [-0.25, -0.2) is 0 Å². The molecule has 3 heterocycles. The molecule has 2 aliphatic rings. The van der Waals surface area contributed by atoms with Crippen LogP contribution in [0.3, 0.4) is 0 Å². The molecule has 2 aliphatic heterocycles. The standard InChI is InChI=1S/C29H36N6O3/c1-2-11-25(12-3-1)37-20-18-36-19-21-38-26-13-5-4-10-24(26)23-30-33-27-22-28(34-14-6-7-15-34)32-29(31-27)35-16-8-9-17-35/h1-5,10-13,22-23H,6-9,14-21H2,(H,31,32,33)/b30-23+. The van der Waals surface area contributed by atoms with Crippen LogP contribution < -0.4 is 24.7 Å². The fraction of sp³-hybridized carbons (Fsp3) is 0.414. The molecule has 0 atom stereocenters. The van der Waals surface area contributed by atoms with Gasteiger partial charge in [-0.3, -0.25) is 5.43 Å². The number of nitrogens with one attached hydrogen (secondary N) is 1. The monoisotopic (exact) mass is 516 g/mol. The maximum Gasteiger partial charge on any atom is 0.229 e. The molecule has 1 aromatic heterocycles. The molecule has 200 valence electrons. The Labute approximate surface area is 224 Å². The van der Waals surface area contributed by atoms with Crippen molar-refractivity contribution in [2.24, 2.45) is 5.10 Å². The summed E-state index contributed by atoms with van der Waals surface area (Å²) < 4.78 is 17.2. The number of para-hydroxylation sites is 2. The normalized spacial score (nSPS) is 15.4. The highest BCUT2D eigenvalue weighted by Crippen LogP contribution is 2.25. The van der Waals surface area contributed by atoms with Crippen LogP contribution in [0.15, 0.2) is 65.8 Å². The number of aromatic nitrogens is 2. The minimum atomic E-state index is 0.438. The maximum absolute atomic E-state index is 5.95. The van der Waals surface area contributed by atoms with Crippen LogP contribution in [0, 0.1) is 0 Å². The first-order valence-electron chi connectivity index (χ1n) is 13.5. The third-order valence-corrected chi connectivity index (χ3v) is 6.55. The summed E-state index contributed by atoms with van der Waals surface area (Å²) in [5, 5.41) is 4.48. The average molecular weight is 517 g/mol. The molecule has 1 N–H and O–H groups in total. The molecule has 0 spiro atoms. The Morgan fingerprint density at radius 2 is 1.45 bits per heavy atom. The minimum Gasteiger partial charge on any atom is -0.491 e. The van der Waals surface area contributed by atoms with Crippen molar-refractivity contribution in [3.05, 3.63) is 66.2 Å². The van der Waals surface area contributed by atoms with Gasteiger partial charge in [0.25, 0.3) is 0 Å². The molecular weight excluding hydrogens is 480 g/mol. The van der Waals surface area contributed by atoms with Crippen molar-refractivity contribution < 1.29 is 14.2 Å². The lowest BCUT2D eigenvalue weighted by molar-refractivity contribution is 0.0764. The summed E-state index contributed by atoms with van der Waals surface area (Å²) in [6.45, 7) is 5.99. The molecule has 9 nitrogen and oxygen atoms in total. The van der Waals surface area contributed by atoms with Crippen LogP contribution in [0.1, 0.15) is 31.2 Å². The van der Waals surface area contributed by atoms with E-state index < -0.39 is 0 Å². The Morgan fingerprint density at radius 3 is 2.24 bits per heavy atom. The van der Waals surface area contributed by atoms with E-state index in [-0.39, 0.29) is 0 Å². The topological polar surface area (TPSA) is 84.3 Å². The molecule has 5 rings (SSSR count). The van der Waals surface area contributed by atoms with Crippen LogP contribution in [0.2, 0.25) is 0 Å². The van der Waals surface area contributed by atoms with Crippen LogP contribution in [-0.4, -0.2) is 68.8 Å². The smallest absolute Gasteiger partial charge is 0.229 e. The van der Waals surface area contributed by atoms with Crippen LogP contribution in [0.25, 0.3) is 0 Å². The number of nitrogens with zero attached hydrogens (tertiary/aromatic N) is 5. The quantitative estimate of drug-likeness (QED) is 0.201. The van der Waals surface area contributed by atoms with Crippen molar-refractivity contribution in [3.63, 3.8) is 0 Å². The predicted octanol–water partition coefficient (Wildman–Crippen LogP) is 4.60. The van der Waals surface area contributed by atoms with Crippen molar-refractivity contribution in [2.45, 2.75) is 25.7 Å². The van der Waals surface area contributed by atoms with Crippen LogP contribution >= 0.6 is 0 Å². The van der Waals surface area contributed by atoms with Gasteiger partial charge in [0.1, 0.15) is 30.5 Å². The van der Waals surface area contributed by atoms with Gasteiger partial charge >= 0.3 is 0 Å². The molecule has 0 bridgehead atoms. The SMILES string of the molecule is C(=N\Nc1cc(N2CCCC2)nc(N2CCCC2)n1)/c1ccccc1OCCOCCOc1ccccc1. The Hall–Kier alpha value is -3.85. The zero-order valence-corrected chi connectivity index (χ0v) is 21.8. The number of hydrogen-bond acceptors (Lipinski definition) is 9. The second kappa shape index (κ2) is 13.6. The number of rotatable bonds is 13. The van der Waals surface area contributed by atoms with Crippen molar-refractivity contribution in [2.75, 3.05) is 67.8 Å². The minimum absolute atomic E-state index is 0.438. The van der Waals surface area contributed by atoms with Gasteiger partial charge < -0.3 is 24.0 Å². The van der Waals surface area contributed by atoms with E-state index in [1.165, 1.54) is 25.7 Å². The largest absolute Gasteiger partial charge is 0.491 e. The number of hydrazone groups is 1. The van der Waals surface area contributed by atoms with Crippen LogP contribution in [-0.2, 0) is 4.74 Å². The van der Waals surface area contributed by atoms with Gasteiger partial charge in [0.05, 0.1) is 19.4 Å². The second-order valence-electron chi connectivity index (χ2n) is 9.33. The Balaban J connectivity index is 1.13. The molecule has 0 aliphatic carbocycles. The summed E-state index contributed by atoms with van der Waals surface area (Å²) in [6, 6.07) is 19.5. The molecule has 2 aromatic carbocycles. The fourth-order valence-corrected chi connectivity index (χ4v) is 4.58. The van der Waals surface area contributed by atoms with E-state index in [9.17, 15) is 0 Å². The van der Waals surface area contributed by atoms with Gasteiger partial charge in [-0.2, -0.15) is 15.1 Å². The zero-order chi connectivity index (χ0) is 25.8. The lowest BCUT2D eigenvalue weighted by Gasteiger charge is -2.21. The second-order valence-corrected chi connectivity index (χ2v) is 9.33. The van der Waals surface area contributed by atoms with Crippen molar-refractivity contribution in [3.8, 4) is 11.5 Å². The van der Waals surface area contributed by atoms with E-state index in [1.54, 1.807) is 6.21 Å². The number of benzene rings is 2. The van der Waals surface area contributed by atoms with E-state index in [2.05, 4.69) is 20.3 Å². The molecular formula is C29H36N6O3. The van der Waals surface area contributed by atoms with Gasteiger partial charge in [0.15, 0.2) is 5.82 Å². The highest BCUT2D eigenvalue weighted by molar-refractivity contribution is 5.84. The van der Waals surface area contributed by atoms with Gasteiger partial charge in [0, 0.05) is 37.8 Å². The molecule has 0 radical (unpaired) electrons. The Kier molecular flexibility index (Phi) is 9.24. The molecule has 38 heavy (non-hydrogen) atoms. The summed E-state index contributed by atoms with van der Waals surface area (Å²) in [6.07, 6.45) is 6.53. The Morgan fingerprint density at radius 1 is 0.763 bits per heavy atom. The average Bonchev–Trinajstić information content (AvgIpc) is 3.69. The molecule has 0 unspecified atom stereocenters. The lowest BCUT2D eigenvalue weighted by atomic mass is 10.2. The highest BCUT2D eigenvalue weighted by Gasteiger charge is 2.20.